The minimum Gasteiger partial charge on any atom is -0.381 e. The van der Waals surface area contributed by atoms with Gasteiger partial charge in [0.2, 0.25) is 5.91 Å². The van der Waals surface area contributed by atoms with E-state index in [1.807, 2.05) is 42.5 Å². The molecule has 0 bridgehead atoms. The van der Waals surface area contributed by atoms with Crippen molar-refractivity contribution in [1.82, 2.24) is 0 Å². The second kappa shape index (κ2) is 10.2. The number of ketones is 1. The minimum absolute atomic E-state index is 0.103. The monoisotopic (exact) mass is 458 g/mol. The molecule has 2 aromatic rings. The topological polar surface area (TPSA) is 72.6 Å². The van der Waals surface area contributed by atoms with Gasteiger partial charge < -0.3 is 15.4 Å². The van der Waals surface area contributed by atoms with Crippen molar-refractivity contribution in [1.29, 1.82) is 0 Å². The van der Waals surface area contributed by atoms with Crippen molar-refractivity contribution in [3.63, 3.8) is 0 Å². The van der Waals surface area contributed by atoms with Gasteiger partial charge in [0.1, 0.15) is 0 Å². The quantitative estimate of drug-likeness (QED) is 0.635. The molecular formula is C24H27ClN2O3S. The molecule has 2 aliphatic rings. The Balaban J connectivity index is 1.56. The predicted octanol–water partition coefficient (Wildman–Crippen LogP) is 4.70. The number of halogens is 1. The van der Waals surface area contributed by atoms with E-state index >= 15 is 0 Å². The van der Waals surface area contributed by atoms with Gasteiger partial charge in [0.15, 0.2) is 5.78 Å². The Morgan fingerprint density at radius 1 is 1.23 bits per heavy atom. The summed E-state index contributed by atoms with van der Waals surface area (Å²) in [5, 5.41) is 0.648. The molecule has 2 aromatic carbocycles. The number of rotatable bonds is 6. The average molecular weight is 459 g/mol. The number of amides is 1. The first kappa shape index (κ1) is 22.3. The molecular weight excluding hydrogens is 432 g/mol. The highest BCUT2D eigenvalue weighted by Gasteiger charge is 2.29. The Kier molecular flexibility index (Phi) is 7.33. The third-order valence-electron chi connectivity index (χ3n) is 5.86. The summed E-state index contributed by atoms with van der Waals surface area (Å²) in [6, 6.07) is 12.5. The van der Waals surface area contributed by atoms with Crippen LogP contribution in [0.2, 0.25) is 5.02 Å². The number of benzene rings is 2. The molecule has 2 N–H and O–H groups in total. The number of hydrogen-bond acceptors (Lipinski definition) is 5. The average Bonchev–Trinajstić information content (AvgIpc) is 2.91. The number of Topliss-reactive ketones (excluding diaryl/α,β-unsaturated/α-hetero) is 1. The highest BCUT2D eigenvalue weighted by Crippen LogP contribution is 2.36. The molecule has 2 heterocycles. The van der Waals surface area contributed by atoms with Crippen LogP contribution in [0.4, 0.5) is 5.69 Å². The van der Waals surface area contributed by atoms with E-state index in [0.29, 0.717) is 35.2 Å². The smallest absolute Gasteiger partial charge is 0.245 e. The molecule has 0 spiro atoms. The van der Waals surface area contributed by atoms with Crippen LogP contribution in [0, 0.1) is 5.92 Å². The van der Waals surface area contributed by atoms with Crippen LogP contribution in [-0.4, -0.2) is 36.7 Å². The van der Waals surface area contributed by atoms with Gasteiger partial charge >= 0.3 is 0 Å². The molecule has 31 heavy (non-hydrogen) atoms. The summed E-state index contributed by atoms with van der Waals surface area (Å²) in [6.45, 7) is 1.95. The van der Waals surface area contributed by atoms with Crippen LogP contribution in [0.1, 0.15) is 41.6 Å². The van der Waals surface area contributed by atoms with Crippen molar-refractivity contribution in [2.45, 2.75) is 43.2 Å². The van der Waals surface area contributed by atoms with Crippen molar-refractivity contribution in [3.05, 3.63) is 58.6 Å². The zero-order valence-electron chi connectivity index (χ0n) is 17.4. The van der Waals surface area contributed by atoms with Crippen LogP contribution < -0.4 is 10.6 Å². The molecule has 0 aliphatic carbocycles. The molecule has 1 fully saturated rings. The van der Waals surface area contributed by atoms with Gasteiger partial charge in [-0.05, 0) is 55.0 Å². The van der Waals surface area contributed by atoms with Crippen LogP contribution in [0.25, 0.3) is 0 Å². The summed E-state index contributed by atoms with van der Waals surface area (Å²) in [6.07, 6.45) is 3.51. The Bertz CT molecular complexity index is 944. The second-order valence-corrected chi connectivity index (χ2v) is 9.69. The van der Waals surface area contributed by atoms with E-state index in [4.69, 9.17) is 22.1 Å². The second-order valence-electron chi connectivity index (χ2n) is 8.20. The fourth-order valence-electron chi connectivity index (χ4n) is 4.04. The molecule has 2 aliphatic heterocycles. The summed E-state index contributed by atoms with van der Waals surface area (Å²) in [4.78, 5) is 28.6. The van der Waals surface area contributed by atoms with Crippen LogP contribution in [0.15, 0.2) is 47.4 Å². The number of anilines is 1. The lowest BCUT2D eigenvalue weighted by atomic mass is 9.94. The number of nitrogens with two attached hydrogens (primary N) is 1. The number of ether oxygens (including phenoxy) is 1. The van der Waals surface area contributed by atoms with Crippen molar-refractivity contribution >= 4 is 40.7 Å². The van der Waals surface area contributed by atoms with Crippen molar-refractivity contribution in [3.8, 4) is 0 Å². The van der Waals surface area contributed by atoms with Gasteiger partial charge in [0, 0.05) is 40.9 Å². The number of carbonyl (C=O) groups excluding carboxylic acids is 2. The zero-order valence-corrected chi connectivity index (χ0v) is 19.0. The fraction of sp³-hybridized carbons (Fsp3) is 0.417. The maximum Gasteiger partial charge on any atom is 0.245 e. The maximum atomic E-state index is 13.1. The first-order chi connectivity index (χ1) is 15.0. The number of nitrogens with zero attached hydrogens (tertiary/aromatic N) is 1. The Morgan fingerprint density at radius 2 is 2.03 bits per heavy atom. The number of hydrogen-bond donors (Lipinski definition) is 1. The van der Waals surface area contributed by atoms with E-state index < -0.39 is 6.04 Å². The molecule has 0 aromatic heterocycles. The number of fused-ring (bicyclic) bond motifs is 1. The van der Waals surface area contributed by atoms with Crippen LogP contribution in [0.3, 0.4) is 0 Å². The highest BCUT2D eigenvalue weighted by atomic mass is 35.5. The van der Waals surface area contributed by atoms with Crippen molar-refractivity contribution in [2.75, 3.05) is 23.9 Å². The van der Waals surface area contributed by atoms with Crippen molar-refractivity contribution < 1.29 is 14.3 Å². The third kappa shape index (κ3) is 5.50. The van der Waals surface area contributed by atoms with Crippen LogP contribution in [-0.2, 0) is 16.1 Å². The SMILES string of the molecule is N[C@H]1CSc2ccc(C(=O)CCC3CCCOC3)cc2N(Cc2ccc(Cl)cc2)C1=O. The molecule has 1 saturated heterocycles. The van der Waals surface area contributed by atoms with E-state index in [2.05, 4.69) is 0 Å². The Hall–Kier alpha value is -1.86. The third-order valence-corrected chi connectivity index (χ3v) is 7.30. The standard InChI is InChI=1S/C24H27ClN2O3S/c25-19-7-3-16(4-8-19)13-27-21-12-18(6-10-23(21)31-15-20(26)24(27)29)22(28)9-5-17-2-1-11-30-14-17/h3-4,6-8,10,12,17,20H,1-2,5,9,11,13-15,26H2/t17?,20-/m0/s1. The van der Waals surface area contributed by atoms with Gasteiger partial charge in [-0.25, -0.2) is 0 Å². The van der Waals surface area contributed by atoms with Crippen LogP contribution in [0.5, 0.6) is 0 Å². The molecule has 2 atom stereocenters. The van der Waals surface area contributed by atoms with Gasteiger partial charge in [-0.15, -0.1) is 11.8 Å². The maximum absolute atomic E-state index is 13.1. The van der Waals surface area contributed by atoms with E-state index in [1.54, 1.807) is 16.7 Å². The summed E-state index contributed by atoms with van der Waals surface area (Å²) >= 11 is 7.56. The highest BCUT2D eigenvalue weighted by molar-refractivity contribution is 7.99. The molecule has 0 saturated carbocycles. The summed E-state index contributed by atoms with van der Waals surface area (Å²) in [7, 11) is 0. The van der Waals surface area contributed by atoms with E-state index in [9.17, 15) is 9.59 Å². The Labute approximate surface area is 192 Å². The molecule has 7 heteroatoms. The summed E-state index contributed by atoms with van der Waals surface area (Å²) in [5.74, 6) is 0.934. The molecule has 4 rings (SSSR count). The van der Waals surface area contributed by atoms with Gasteiger partial charge in [-0.1, -0.05) is 29.8 Å². The first-order valence-electron chi connectivity index (χ1n) is 10.7. The zero-order chi connectivity index (χ0) is 21.8. The van der Waals surface area contributed by atoms with Gasteiger partial charge in [-0.3, -0.25) is 9.59 Å². The van der Waals surface area contributed by atoms with Crippen molar-refractivity contribution in [2.24, 2.45) is 11.7 Å². The van der Waals surface area contributed by atoms with E-state index in [0.717, 1.165) is 48.6 Å². The molecule has 1 amide bonds. The van der Waals surface area contributed by atoms with Gasteiger partial charge in [0.25, 0.3) is 0 Å². The summed E-state index contributed by atoms with van der Waals surface area (Å²) in [5.41, 5.74) is 8.49. The lowest BCUT2D eigenvalue weighted by Crippen LogP contribution is -2.44. The van der Waals surface area contributed by atoms with Crippen LogP contribution >= 0.6 is 23.4 Å². The first-order valence-corrected chi connectivity index (χ1v) is 12.1. The lowest BCUT2D eigenvalue weighted by molar-refractivity contribution is -0.119. The minimum atomic E-state index is -0.588. The van der Waals surface area contributed by atoms with E-state index in [1.165, 1.54) is 0 Å². The molecule has 1 unspecified atom stereocenters. The van der Waals surface area contributed by atoms with Gasteiger partial charge in [0.05, 0.1) is 18.3 Å². The number of carbonyl (C=O) groups is 2. The van der Waals surface area contributed by atoms with Gasteiger partial charge in [-0.2, -0.15) is 0 Å². The lowest BCUT2D eigenvalue weighted by Gasteiger charge is -2.25. The summed E-state index contributed by atoms with van der Waals surface area (Å²) < 4.78 is 5.53. The molecule has 164 valence electrons. The number of thioether (sulfide) groups is 1. The Morgan fingerprint density at radius 3 is 2.77 bits per heavy atom. The largest absolute Gasteiger partial charge is 0.381 e. The van der Waals surface area contributed by atoms with E-state index in [-0.39, 0.29) is 11.7 Å². The normalized spacial score (nSPS) is 21.5. The molecule has 5 nitrogen and oxygen atoms in total. The molecule has 0 radical (unpaired) electrons. The predicted molar refractivity (Wildman–Crippen MR) is 125 cm³/mol. The fourth-order valence-corrected chi connectivity index (χ4v) is 5.15.